The number of hydrogen-bond acceptors (Lipinski definition) is 7. The van der Waals surface area contributed by atoms with Crippen LogP contribution in [0.2, 0.25) is 0 Å². The molecule has 0 spiro atoms. The lowest BCUT2D eigenvalue weighted by atomic mass is 10.1. The number of rotatable bonds is 5. The van der Waals surface area contributed by atoms with E-state index >= 15 is 0 Å². The zero-order chi connectivity index (χ0) is 20.4. The van der Waals surface area contributed by atoms with Gasteiger partial charge in [0.05, 0.1) is 24.8 Å². The van der Waals surface area contributed by atoms with E-state index in [1.54, 1.807) is 24.3 Å². The quantitative estimate of drug-likeness (QED) is 0.564. The lowest BCUT2D eigenvalue weighted by molar-refractivity contribution is -0.113. The SMILES string of the molecule is COc1ccc(C=C2SC(=S)N(c3ccc(C(=O)O)c(O)c3)C2=O)cc1OC. The van der Waals surface area contributed by atoms with Gasteiger partial charge in [-0.25, -0.2) is 4.79 Å². The fourth-order valence-corrected chi connectivity index (χ4v) is 3.92. The molecule has 0 atom stereocenters. The monoisotopic (exact) mass is 417 g/mol. The first-order valence-electron chi connectivity index (χ1n) is 7.92. The molecular weight excluding hydrogens is 402 g/mol. The van der Waals surface area contributed by atoms with Gasteiger partial charge in [-0.05, 0) is 35.9 Å². The van der Waals surface area contributed by atoms with Gasteiger partial charge in [0.2, 0.25) is 0 Å². The van der Waals surface area contributed by atoms with E-state index in [4.69, 9.17) is 26.8 Å². The maximum Gasteiger partial charge on any atom is 0.339 e. The molecule has 1 fully saturated rings. The lowest BCUT2D eigenvalue weighted by Gasteiger charge is -2.15. The predicted molar refractivity (Wildman–Crippen MR) is 110 cm³/mol. The summed E-state index contributed by atoms with van der Waals surface area (Å²) in [5.41, 5.74) is 0.762. The van der Waals surface area contributed by atoms with Crippen molar-refractivity contribution >= 4 is 51.9 Å². The normalized spacial score (nSPS) is 15.2. The van der Waals surface area contributed by atoms with Crippen molar-refractivity contribution in [3.63, 3.8) is 0 Å². The number of anilines is 1. The van der Waals surface area contributed by atoms with E-state index < -0.39 is 11.7 Å². The smallest absolute Gasteiger partial charge is 0.339 e. The number of carbonyl (C=O) groups excluding carboxylic acids is 1. The molecule has 1 saturated heterocycles. The van der Waals surface area contributed by atoms with Crippen molar-refractivity contribution in [2.75, 3.05) is 19.1 Å². The Bertz CT molecular complexity index is 1020. The number of amides is 1. The molecule has 9 heteroatoms. The molecule has 0 aromatic heterocycles. The van der Waals surface area contributed by atoms with Gasteiger partial charge in [0.15, 0.2) is 15.8 Å². The Hall–Kier alpha value is -3.04. The van der Waals surface area contributed by atoms with Crippen molar-refractivity contribution < 1.29 is 29.3 Å². The van der Waals surface area contributed by atoms with Gasteiger partial charge >= 0.3 is 5.97 Å². The number of carboxylic acids is 1. The third kappa shape index (κ3) is 3.67. The topological polar surface area (TPSA) is 96.3 Å². The van der Waals surface area contributed by atoms with Gasteiger partial charge in [-0.1, -0.05) is 30.0 Å². The van der Waals surface area contributed by atoms with E-state index in [0.717, 1.165) is 17.3 Å². The Balaban J connectivity index is 1.93. The zero-order valence-electron chi connectivity index (χ0n) is 14.8. The van der Waals surface area contributed by atoms with Crippen molar-refractivity contribution in [2.45, 2.75) is 0 Å². The third-order valence-corrected chi connectivity index (χ3v) is 5.27. The highest BCUT2D eigenvalue weighted by Crippen LogP contribution is 2.38. The molecule has 2 N–H and O–H groups in total. The molecule has 2 aromatic carbocycles. The second-order valence-corrected chi connectivity index (χ2v) is 7.31. The van der Waals surface area contributed by atoms with Crippen LogP contribution >= 0.6 is 24.0 Å². The summed E-state index contributed by atoms with van der Waals surface area (Å²) in [5, 5.41) is 18.9. The molecule has 3 rings (SSSR count). The minimum Gasteiger partial charge on any atom is -0.507 e. The van der Waals surface area contributed by atoms with Crippen molar-refractivity contribution in [3.05, 3.63) is 52.4 Å². The first-order chi connectivity index (χ1) is 13.3. The van der Waals surface area contributed by atoms with Gasteiger partial charge in [-0.15, -0.1) is 0 Å². The summed E-state index contributed by atoms with van der Waals surface area (Å²) in [6.07, 6.45) is 1.67. The van der Waals surface area contributed by atoms with Crippen LogP contribution in [0.25, 0.3) is 6.08 Å². The van der Waals surface area contributed by atoms with Gasteiger partial charge < -0.3 is 19.7 Å². The fraction of sp³-hybridized carbons (Fsp3) is 0.105. The van der Waals surface area contributed by atoms with Gasteiger partial charge in [-0.2, -0.15) is 0 Å². The highest BCUT2D eigenvalue weighted by molar-refractivity contribution is 8.27. The number of benzene rings is 2. The summed E-state index contributed by atoms with van der Waals surface area (Å²) in [6, 6.07) is 9.10. The largest absolute Gasteiger partial charge is 0.507 e. The van der Waals surface area contributed by atoms with Crippen LogP contribution in [0.15, 0.2) is 41.3 Å². The van der Waals surface area contributed by atoms with Crippen LogP contribution in [0.3, 0.4) is 0 Å². The van der Waals surface area contributed by atoms with Gasteiger partial charge in [-0.3, -0.25) is 9.69 Å². The number of carbonyl (C=O) groups is 2. The summed E-state index contributed by atoms with van der Waals surface area (Å²) >= 11 is 6.40. The molecule has 2 aromatic rings. The number of carboxylic acid groups (broad SMARTS) is 1. The first-order valence-corrected chi connectivity index (χ1v) is 9.14. The Morgan fingerprint density at radius 3 is 2.46 bits per heavy atom. The molecule has 1 aliphatic rings. The number of thioether (sulfide) groups is 1. The average Bonchev–Trinajstić information content (AvgIpc) is 2.94. The molecule has 0 aliphatic carbocycles. The number of hydrogen-bond donors (Lipinski definition) is 2. The number of aromatic hydroxyl groups is 1. The second-order valence-electron chi connectivity index (χ2n) is 5.64. The highest BCUT2D eigenvalue weighted by atomic mass is 32.2. The standard InChI is InChI=1S/C19H15NO6S2/c1-25-14-6-3-10(7-15(14)26-2)8-16-17(22)20(19(27)28-16)11-4-5-12(18(23)24)13(21)9-11/h3-9,21H,1-2H3,(H,23,24). The number of ether oxygens (including phenoxy) is 2. The molecule has 0 bridgehead atoms. The fourth-order valence-electron chi connectivity index (χ4n) is 2.62. The molecular formula is C19H15NO6S2. The van der Waals surface area contributed by atoms with Gasteiger partial charge in [0.1, 0.15) is 11.3 Å². The van der Waals surface area contributed by atoms with E-state index in [0.29, 0.717) is 22.1 Å². The van der Waals surface area contributed by atoms with Crippen LogP contribution in [-0.4, -0.2) is 40.6 Å². The molecule has 0 radical (unpaired) electrons. The Kier molecular flexibility index (Phi) is 5.57. The molecule has 1 heterocycles. The van der Waals surface area contributed by atoms with E-state index in [2.05, 4.69) is 0 Å². The molecule has 0 unspecified atom stereocenters. The number of nitrogens with zero attached hydrogens (tertiary/aromatic N) is 1. The average molecular weight is 417 g/mol. The van der Waals surface area contributed by atoms with Crippen LogP contribution in [0, 0.1) is 0 Å². The number of aromatic carboxylic acids is 1. The van der Waals surface area contributed by atoms with E-state index in [9.17, 15) is 14.7 Å². The molecule has 0 saturated carbocycles. The molecule has 28 heavy (non-hydrogen) atoms. The number of thiocarbonyl (C=S) groups is 1. The summed E-state index contributed by atoms with van der Waals surface area (Å²) in [6.45, 7) is 0. The van der Waals surface area contributed by atoms with Crippen LogP contribution in [-0.2, 0) is 4.79 Å². The minimum absolute atomic E-state index is 0.255. The van der Waals surface area contributed by atoms with Crippen LogP contribution in [0.4, 0.5) is 5.69 Å². The van der Waals surface area contributed by atoms with Crippen LogP contribution in [0.5, 0.6) is 17.2 Å². The Labute approximate surface area is 170 Å². The van der Waals surface area contributed by atoms with Gasteiger partial charge in [0, 0.05) is 6.07 Å². The number of phenols is 1. The molecule has 1 aliphatic heterocycles. The van der Waals surface area contributed by atoms with Crippen molar-refractivity contribution in [2.24, 2.45) is 0 Å². The predicted octanol–water partition coefficient (Wildman–Crippen LogP) is 3.51. The van der Waals surface area contributed by atoms with Gasteiger partial charge in [0.25, 0.3) is 5.91 Å². The van der Waals surface area contributed by atoms with Crippen molar-refractivity contribution in [1.29, 1.82) is 0 Å². The third-order valence-electron chi connectivity index (χ3n) is 3.97. The van der Waals surface area contributed by atoms with Crippen LogP contribution < -0.4 is 14.4 Å². The lowest BCUT2D eigenvalue weighted by Crippen LogP contribution is -2.27. The summed E-state index contributed by atoms with van der Waals surface area (Å²) < 4.78 is 10.7. The first kappa shape index (κ1) is 19.7. The highest BCUT2D eigenvalue weighted by Gasteiger charge is 2.33. The van der Waals surface area contributed by atoms with E-state index in [1.807, 2.05) is 0 Å². The number of methoxy groups -OCH3 is 2. The van der Waals surface area contributed by atoms with Crippen molar-refractivity contribution in [3.8, 4) is 17.2 Å². The molecule has 7 nitrogen and oxygen atoms in total. The zero-order valence-corrected chi connectivity index (χ0v) is 16.5. The van der Waals surface area contributed by atoms with Crippen molar-refractivity contribution in [1.82, 2.24) is 0 Å². The summed E-state index contributed by atoms with van der Waals surface area (Å²) in [4.78, 5) is 25.5. The Morgan fingerprint density at radius 1 is 1.14 bits per heavy atom. The Morgan fingerprint density at radius 2 is 1.86 bits per heavy atom. The van der Waals surface area contributed by atoms with E-state index in [1.165, 1.54) is 37.3 Å². The summed E-state index contributed by atoms with van der Waals surface area (Å²) in [5.74, 6) is -0.972. The van der Waals surface area contributed by atoms with E-state index in [-0.39, 0.29) is 15.8 Å². The maximum absolute atomic E-state index is 12.8. The maximum atomic E-state index is 12.8. The molecule has 1 amide bonds. The molecule has 144 valence electrons. The second kappa shape index (κ2) is 7.91. The minimum atomic E-state index is -1.26. The summed E-state index contributed by atoms with van der Waals surface area (Å²) in [7, 11) is 3.06. The van der Waals surface area contributed by atoms with Crippen LogP contribution in [0.1, 0.15) is 15.9 Å².